The van der Waals surface area contributed by atoms with Crippen LogP contribution in [0.3, 0.4) is 0 Å². The van der Waals surface area contributed by atoms with Crippen LogP contribution in [0.5, 0.6) is 0 Å². The van der Waals surface area contributed by atoms with Crippen LogP contribution in [0.2, 0.25) is 0 Å². The summed E-state index contributed by atoms with van der Waals surface area (Å²) in [5, 5.41) is 3.70. The molecule has 1 N–H and O–H groups in total. The molecule has 0 aliphatic carbocycles. The van der Waals surface area contributed by atoms with E-state index in [4.69, 9.17) is 0 Å². The Morgan fingerprint density at radius 1 is 1.62 bits per heavy atom. The van der Waals surface area contributed by atoms with E-state index < -0.39 is 11.9 Å². The van der Waals surface area contributed by atoms with Gasteiger partial charge < -0.3 is 5.32 Å². The quantitative estimate of drug-likeness (QED) is 0.894. The number of carbonyl (C=O) groups is 1. The van der Waals surface area contributed by atoms with E-state index in [1.807, 2.05) is 0 Å². The number of hydrogen-bond acceptors (Lipinski definition) is 3. The maximum absolute atomic E-state index is 12.2. The van der Waals surface area contributed by atoms with Gasteiger partial charge in [-0.3, -0.25) is 4.79 Å². The van der Waals surface area contributed by atoms with E-state index in [0.717, 1.165) is 16.7 Å². The van der Waals surface area contributed by atoms with E-state index in [1.54, 1.807) is 6.08 Å². The minimum atomic E-state index is -4.40. The van der Waals surface area contributed by atoms with Crippen LogP contribution >= 0.6 is 11.3 Å². The molecule has 0 saturated carbocycles. The Bertz CT molecular complexity index is 398. The molecule has 0 aliphatic heterocycles. The highest BCUT2D eigenvalue weighted by atomic mass is 32.1. The Balaban J connectivity index is 2.55. The predicted octanol–water partition coefficient (Wildman–Crippen LogP) is 2.31. The first-order valence-electron chi connectivity index (χ1n) is 4.33. The smallest absolute Gasteiger partial charge is 0.353 e. The minimum absolute atomic E-state index is 0.195. The fraction of sp³-hybridized carbons (Fsp3) is 0.333. The zero-order valence-electron chi connectivity index (χ0n) is 8.34. The summed E-state index contributed by atoms with van der Waals surface area (Å²) in [4.78, 5) is 13.9. The van der Waals surface area contributed by atoms with Gasteiger partial charge in [0.15, 0.2) is 5.69 Å². The number of aromatic nitrogens is 1. The Hall–Kier alpha value is -1.37. The van der Waals surface area contributed by atoms with Crippen molar-refractivity contribution in [1.29, 1.82) is 0 Å². The topological polar surface area (TPSA) is 42.0 Å². The molecule has 1 aromatic rings. The van der Waals surface area contributed by atoms with Crippen molar-refractivity contribution in [2.75, 3.05) is 6.54 Å². The normalized spacial score (nSPS) is 12.0. The number of rotatable bonds is 3. The highest BCUT2D eigenvalue weighted by Gasteiger charge is 2.33. The number of nitrogens with zero attached hydrogens (tertiary/aromatic N) is 1. The molecule has 0 atom stereocenters. The van der Waals surface area contributed by atoms with Crippen molar-refractivity contribution in [3.05, 3.63) is 22.2 Å². The summed E-state index contributed by atoms with van der Waals surface area (Å²) >= 11 is 0.905. The van der Waals surface area contributed by atoms with Crippen LogP contribution in [0.15, 0.2) is 11.5 Å². The van der Waals surface area contributed by atoms with Gasteiger partial charge in [-0.25, -0.2) is 4.98 Å². The molecule has 16 heavy (non-hydrogen) atoms. The lowest BCUT2D eigenvalue weighted by molar-refractivity contribution is -0.140. The van der Waals surface area contributed by atoms with Crippen molar-refractivity contribution >= 4 is 23.3 Å². The summed E-state index contributed by atoms with van der Waals surface area (Å²) in [5.41, 5.74) is -0.892. The first-order chi connectivity index (χ1) is 7.39. The van der Waals surface area contributed by atoms with Crippen molar-refractivity contribution < 1.29 is 18.0 Å². The summed E-state index contributed by atoms with van der Waals surface area (Å²) in [6, 6.07) is 0. The van der Waals surface area contributed by atoms with Crippen molar-refractivity contribution in [3.8, 4) is 0 Å². The number of alkyl halides is 3. The predicted molar refractivity (Wildman–Crippen MR) is 54.8 cm³/mol. The average Bonchev–Trinajstić information content (AvgIpc) is 2.59. The largest absolute Gasteiger partial charge is 0.434 e. The zero-order valence-corrected chi connectivity index (χ0v) is 9.15. The number of amides is 1. The standard InChI is InChI=1S/C9H9F3N2OS/c1-6(15)13-4-2-3-8-14-7(5-16-8)9(10,11)12/h2-3,5H,4H2,1H3,(H,13,15). The Morgan fingerprint density at radius 2 is 2.31 bits per heavy atom. The van der Waals surface area contributed by atoms with Gasteiger partial charge >= 0.3 is 6.18 Å². The van der Waals surface area contributed by atoms with Crippen molar-refractivity contribution in [1.82, 2.24) is 10.3 Å². The molecule has 0 spiro atoms. The zero-order chi connectivity index (χ0) is 12.2. The lowest BCUT2D eigenvalue weighted by Gasteiger charge is -1.99. The van der Waals surface area contributed by atoms with Crippen LogP contribution in [0.4, 0.5) is 13.2 Å². The minimum Gasteiger partial charge on any atom is -0.353 e. The van der Waals surface area contributed by atoms with E-state index in [1.165, 1.54) is 13.0 Å². The maximum Gasteiger partial charge on any atom is 0.434 e. The Morgan fingerprint density at radius 3 is 2.81 bits per heavy atom. The van der Waals surface area contributed by atoms with E-state index >= 15 is 0 Å². The third kappa shape index (κ3) is 4.01. The summed E-state index contributed by atoms with van der Waals surface area (Å²) in [6.07, 6.45) is -1.42. The molecule has 0 aliphatic rings. The molecule has 88 valence electrons. The van der Waals surface area contributed by atoms with E-state index in [2.05, 4.69) is 10.3 Å². The summed E-state index contributed by atoms with van der Waals surface area (Å²) < 4.78 is 36.5. The number of nitrogens with one attached hydrogen (secondary N) is 1. The molecular weight excluding hydrogens is 241 g/mol. The highest BCUT2D eigenvalue weighted by Crippen LogP contribution is 2.30. The lowest BCUT2D eigenvalue weighted by atomic mass is 10.4. The number of halogens is 3. The third-order valence-electron chi connectivity index (χ3n) is 1.54. The molecule has 0 fully saturated rings. The molecule has 0 unspecified atom stereocenters. The molecule has 1 heterocycles. The molecular formula is C9H9F3N2OS. The molecule has 1 aromatic heterocycles. The fourth-order valence-corrected chi connectivity index (χ4v) is 1.60. The molecule has 1 amide bonds. The molecule has 3 nitrogen and oxygen atoms in total. The van der Waals surface area contributed by atoms with Crippen molar-refractivity contribution in [3.63, 3.8) is 0 Å². The second-order valence-corrected chi connectivity index (χ2v) is 3.80. The first-order valence-corrected chi connectivity index (χ1v) is 5.21. The van der Waals surface area contributed by atoms with Gasteiger partial charge in [0.05, 0.1) is 0 Å². The van der Waals surface area contributed by atoms with Crippen molar-refractivity contribution in [2.24, 2.45) is 0 Å². The Labute approximate surface area is 94.0 Å². The highest BCUT2D eigenvalue weighted by molar-refractivity contribution is 7.10. The van der Waals surface area contributed by atoms with Gasteiger partial charge in [0.2, 0.25) is 5.91 Å². The lowest BCUT2D eigenvalue weighted by Crippen LogP contribution is -2.19. The second-order valence-electron chi connectivity index (χ2n) is 2.91. The molecule has 1 rings (SSSR count). The van der Waals surface area contributed by atoms with Gasteiger partial charge in [-0.05, 0) is 6.08 Å². The summed E-state index contributed by atoms with van der Waals surface area (Å²) in [7, 11) is 0. The molecule has 7 heteroatoms. The van der Waals surface area contributed by atoms with Crippen LogP contribution in [0.25, 0.3) is 6.08 Å². The van der Waals surface area contributed by atoms with E-state index in [9.17, 15) is 18.0 Å². The number of thiazole rings is 1. The number of carbonyl (C=O) groups excluding carboxylic acids is 1. The second kappa shape index (κ2) is 5.11. The van der Waals surface area contributed by atoms with E-state index in [-0.39, 0.29) is 17.5 Å². The van der Waals surface area contributed by atoms with Gasteiger partial charge in [-0.15, -0.1) is 11.3 Å². The van der Waals surface area contributed by atoms with Gasteiger partial charge in [-0.1, -0.05) is 6.08 Å². The molecule has 0 bridgehead atoms. The van der Waals surface area contributed by atoms with Gasteiger partial charge in [0.25, 0.3) is 0 Å². The van der Waals surface area contributed by atoms with Crippen LogP contribution in [-0.4, -0.2) is 17.4 Å². The number of hydrogen-bond donors (Lipinski definition) is 1. The van der Waals surface area contributed by atoms with Crippen LogP contribution in [-0.2, 0) is 11.0 Å². The van der Waals surface area contributed by atoms with Crippen LogP contribution in [0, 0.1) is 0 Å². The van der Waals surface area contributed by atoms with Gasteiger partial charge in [0, 0.05) is 18.8 Å². The van der Waals surface area contributed by atoms with Crippen LogP contribution < -0.4 is 5.32 Å². The van der Waals surface area contributed by atoms with Crippen molar-refractivity contribution in [2.45, 2.75) is 13.1 Å². The third-order valence-corrected chi connectivity index (χ3v) is 2.35. The van der Waals surface area contributed by atoms with Crippen LogP contribution in [0.1, 0.15) is 17.6 Å². The molecule has 0 radical (unpaired) electrons. The first kappa shape index (κ1) is 12.7. The maximum atomic E-state index is 12.2. The summed E-state index contributed by atoms with van der Waals surface area (Å²) in [6.45, 7) is 1.63. The molecule has 0 aromatic carbocycles. The molecule has 0 saturated heterocycles. The average molecular weight is 250 g/mol. The monoisotopic (exact) mass is 250 g/mol. The SMILES string of the molecule is CC(=O)NCC=Cc1nc(C(F)(F)F)cs1. The Kier molecular flexibility index (Phi) is 4.05. The van der Waals surface area contributed by atoms with Gasteiger partial charge in [0.1, 0.15) is 5.01 Å². The van der Waals surface area contributed by atoms with Gasteiger partial charge in [-0.2, -0.15) is 13.2 Å². The van der Waals surface area contributed by atoms with E-state index in [0.29, 0.717) is 0 Å². The summed E-state index contributed by atoms with van der Waals surface area (Å²) in [5.74, 6) is -0.195. The fourth-order valence-electron chi connectivity index (χ4n) is 0.857.